The molecule has 0 aromatic heterocycles. The molecule has 4 nitrogen and oxygen atoms in total. The molecule has 2 fully saturated rings. The van der Waals surface area contributed by atoms with E-state index >= 15 is 0 Å². The van der Waals surface area contributed by atoms with Gasteiger partial charge in [0.1, 0.15) is 0 Å². The van der Waals surface area contributed by atoms with E-state index in [0.29, 0.717) is 23.7 Å². The summed E-state index contributed by atoms with van der Waals surface area (Å²) < 4.78 is 10.4. The summed E-state index contributed by atoms with van der Waals surface area (Å²) in [6, 6.07) is 7.11. The van der Waals surface area contributed by atoms with Crippen molar-refractivity contribution < 1.29 is 14.3 Å². The molecule has 0 N–H and O–H groups in total. The fourth-order valence-corrected chi connectivity index (χ4v) is 2.10. The molecule has 96 valence electrons. The van der Waals surface area contributed by atoms with Gasteiger partial charge in [0.2, 0.25) is 0 Å². The number of hydrogen-bond donors (Lipinski definition) is 0. The smallest absolute Gasteiger partial charge is 0.255 e. The molecular formula is C13H14ClNO3. The number of rotatable bonds is 5. The minimum absolute atomic E-state index is 0.0494. The van der Waals surface area contributed by atoms with Gasteiger partial charge in [0.15, 0.2) is 0 Å². The molecule has 3 rings (SSSR count). The Labute approximate surface area is 110 Å². The zero-order valence-electron chi connectivity index (χ0n) is 9.84. The first-order valence-corrected chi connectivity index (χ1v) is 6.39. The molecule has 0 spiro atoms. The second-order valence-electron chi connectivity index (χ2n) is 4.60. The van der Waals surface area contributed by atoms with E-state index in [1.54, 1.807) is 17.0 Å². The first-order valence-electron chi connectivity index (χ1n) is 6.01. The third kappa shape index (κ3) is 2.83. The number of amides is 1. The standard InChI is InChI=1S/C13H14ClNO3/c14-12-4-2-1-3-11(12)13(16)15(5-9-7-17-9)6-10-8-18-10/h1-4,9-10H,5-8H2. The number of carbonyl (C=O) groups is 1. The summed E-state index contributed by atoms with van der Waals surface area (Å²) in [7, 11) is 0. The van der Waals surface area contributed by atoms with Gasteiger partial charge in [0, 0.05) is 13.1 Å². The fourth-order valence-electron chi connectivity index (χ4n) is 1.88. The Hall–Kier alpha value is -1.10. The van der Waals surface area contributed by atoms with Gasteiger partial charge < -0.3 is 14.4 Å². The Morgan fingerprint density at radius 1 is 1.22 bits per heavy atom. The molecule has 5 heteroatoms. The van der Waals surface area contributed by atoms with Crippen LogP contribution in [0, 0.1) is 0 Å². The average molecular weight is 268 g/mol. The number of benzene rings is 1. The van der Waals surface area contributed by atoms with Crippen LogP contribution in [0.4, 0.5) is 0 Å². The van der Waals surface area contributed by atoms with E-state index in [1.807, 2.05) is 12.1 Å². The van der Waals surface area contributed by atoms with Gasteiger partial charge in [0.05, 0.1) is 36.0 Å². The number of ether oxygens (including phenoxy) is 2. The molecule has 2 unspecified atom stereocenters. The average Bonchev–Trinajstić information content (AvgIpc) is 3.23. The Bertz CT molecular complexity index is 443. The summed E-state index contributed by atoms with van der Waals surface area (Å²) in [5.74, 6) is -0.0494. The zero-order valence-corrected chi connectivity index (χ0v) is 10.6. The quantitative estimate of drug-likeness (QED) is 0.761. The lowest BCUT2D eigenvalue weighted by atomic mass is 10.2. The number of hydrogen-bond acceptors (Lipinski definition) is 3. The lowest BCUT2D eigenvalue weighted by Gasteiger charge is -2.21. The summed E-state index contributed by atoms with van der Waals surface area (Å²) in [5, 5.41) is 0.487. The number of carbonyl (C=O) groups excluding carboxylic acids is 1. The third-order valence-corrected chi connectivity index (χ3v) is 3.37. The van der Waals surface area contributed by atoms with Crippen LogP contribution in [0.5, 0.6) is 0 Å². The molecule has 2 heterocycles. The monoisotopic (exact) mass is 267 g/mol. The molecule has 1 aromatic rings. The maximum Gasteiger partial charge on any atom is 0.255 e. The highest BCUT2D eigenvalue weighted by molar-refractivity contribution is 6.33. The Morgan fingerprint density at radius 3 is 2.28 bits per heavy atom. The van der Waals surface area contributed by atoms with E-state index in [9.17, 15) is 4.79 Å². The van der Waals surface area contributed by atoms with Gasteiger partial charge in [-0.2, -0.15) is 0 Å². The van der Waals surface area contributed by atoms with Gasteiger partial charge in [-0.05, 0) is 12.1 Å². The van der Waals surface area contributed by atoms with E-state index in [1.165, 1.54) is 0 Å². The molecule has 0 bridgehead atoms. The van der Waals surface area contributed by atoms with Crippen molar-refractivity contribution in [1.82, 2.24) is 4.90 Å². The molecule has 18 heavy (non-hydrogen) atoms. The Kier molecular flexibility index (Phi) is 3.24. The van der Waals surface area contributed by atoms with Crippen LogP contribution in [0.25, 0.3) is 0 Å². The lowest BCUT2D eigenvalue weighted by molar-refractivity contribution is 0.0729. The van der Waals surface area contributed by atoms with Crippen LogP contribution >= 0.6 is 11.6 Å². The van der Waals surface area contributed by atoms with Gasteiger partial charge in [-0.15, -0.1) is 0 Å². The summed E-state index contributed by atoms with van der Waals surface area (Å²) in [5.41, 5.74) is 0.542. The molecular weight excluding hydrogens is 254 g/mol. The molecule has 2 aliphatic rings. The van der Waals surface area contributed by atoms with Crippen molar-refractivity contribution >= 4 is 17.5 Å². The first kappa shape index (κ1) is 12.0. The number of nitrogens with zero attached hydrogens (tertiary/aromatic N) is 1. The predicted molar refractivity (Wildman–Crippen MR) is 66.8 cm³/mol. The summed E-state index contributed by atoms with van der Waals surface area (Å²) in [6.45, 7) is 2.70. The van der Waals surface area contributed by atoms with Crippen molar-refractivity contribution in [3.05, 3.63) is 34.9 Å². The summed E-state index contributed by atoms with van der Waals surface area (Å²) in [4.78, 5) is 14.2. The van der Waals surface area contributed by atoms with Gasteiger partial charge in [0.25, 0.3) is 5.91 Å². The highest BCUT2D eigenvalue weighted by Crippen LogP contribution is 2.21. The third-order valence-electron chi connectivity index (χ3n) is 3.04. The van der Waals surface area contributed by atoms with Gasteiger partial charge in [-0.25, -0.2) is 0 Å². The van der Waals surface area contributed by atoms with Crippen molar-refractivity contribution in [2.45, 2.75) is 12.2 Å². The Morgan fingerprint density at radius 2 is 1.78 bits per heavy atom. The van der Waals surface area contributed by atoms with E-state index in [4.69, 9.17) is 21.1 Å². The number of epoxide rings is 2. The fraction of sp³-hybridized carbons (Fsp3) is 0.462. The van der Waals surface area contributed by atoms with Gasteiger partial charge in [-0.3, -0.25) is 4.79 Å². The molecule has 2 atom stereocenters. The summed E-state index contributed by atoms with van der Waals surface area (Å²) in [6.07, 6.45) is 0.352. The van der Waals surface area contributed by atoms with Crippen molar-refractivity contribution in [3.8, 4) is 0 Å². The Balaban J connectivity index is 1.75. The lowest BCUT2D eigenvalue weighted by Crippen LogP contribution is -2.37. The molecule has 2 aliphatic heterocycles. The van der Waals surface area contributed by atoms with Crippen molar-refractivity contribution in [2.24, 2.45) is 0 Å². The minimum Gasteiger partial charge on any atom is -0.371 e. The largest absolute Gasteiger partial charge is 0.371 e. The second-order valence-corrected chi connectivity index (χ2v) is 5.01. The summed E-state index contributed by atoms with van der Waals surface area (Å²) >= 11 is 6.06. The molecule has 0 radical (unpaired) electrons. The molecule has 0 aliphatic carbocycles. The van der Waals surface area contributed by atoms with Crippen LogP contribution in [0.15, 0.2) is 24.3 Å². The minimum atomic E-state index is -0.0494. The van der Waals surface area contributed by atoms with E-state index in [-0.39, 0.29) is 18.1 Å². The van der Waals surface area contributed by atoms with Crippen molar-refractivity contribution in [2.75, 3.05) is 26.3 Å². The van der Waals surface area contributed by atoms with E-state index in [0.717, 1.165) is 13.2 Å². The van der Waals surface area contributed by atoms with Gasteiger partial charge in [-0.1, -0.05) is 23.7 Å². The number of halogens is 1. The van der Waals surface area contributed by atoms with Crippen LogP contribution in [0.1, 0.15) is 10.4 Å². The van der Waals surface area contributed by atoms with Crippen LogP contribution in [-0.2, 0) is 9.47 Å². The zero-order chi connectivity index (χ0) is 12.5. The van der Waals surface area contributed by atoms with Crippen molar-refractivity contribution in [1.29, 1.82) is 0 Å². The first-order chi connectivity index (χ1) is 8.74. The highest BCUT2D eigenvalue weighted by atomic mass is 35.5. The van der Waals surface area contributed by atoms with Crippen molar-refractivity contribution in [3.63, 3.8) is 0 Å². The maximum atomic E-state index is 12.4. The van der Waals surface area contributed by atoms with Crippen LogP contribution in [0.3, 0.4) is 0 Å². The topological polar surface area (TPSA) is 45.4 Å². The second kappa shape index (κ2) is 4.88. The molecule has 0 saturated carbocycles. The van der Waals surface area contributed by atoms with E-state index in [2.05, 4.69) is 0 Å². The van der Waals surface area contributed by atoms with Gasteiger partial charge >= 0.3 is 0 Å². The van der Waals surface area contributed by atoms with E-state index < -0.39 is 0 Å². The highest BCUT2D eigenvalue weighted by Gasteiger charge is 2.33. The van der Waals surface area contributed by atoms with Crippen LogP contribution in [0.2, 0.25) is 5.02 Å². The molecule has 1 amide bonds. The molecule has 1 aromatic carbocycles. The normalized spacial score (nSPS) is 24.7. The van der Waals surface area contributed by atoms with Crippen LogP contribution in [-0.4, -0.2) is 49.3 Å². The van der Waals surface area contributed by atoms with Crippen LogP contribution < -0.4 is 0 Å². The SMILES string of the molecule is O=C(c1ccccc1Cl)N(CC1CO1)CC1CO1. The predicted octanol–water partition coefficient (Wildman–Crippen LogP) is 1.58. The molecule has 2 saturated heterocycles. The maximum absolute atomic E-state index is 12.4.